The minimum absolute atomic E-state index is 0.0228. The fourth-order valence-electron chi connectivity index (χ4n) is 3.73. The molecule has 1 N–H and O–H groups in total. The van der Waals surface area contributed by atoms with Gasteiger partial charge in [-0.1, -0.05) is 24.3 Å². The molecule has 7 heteroatoms. The molecule has 2 aromatic heterocycles. The number of fused-ring (bicyclic) bond motifs is 1. The van der Waals surface area contributed by atoms with Gasteiger partial charge < -0.3 is 14.6 Å². The Morgan fingerprint density at radius 3 is 2.55 bits per heavy atom. The molecule has 3 heterocycles. The lowest BCUT2D eigenvalue weighted by atomic mass is 9.99. The van der Waals surface area contributed by atoms with Gasteiger partial charge in [0.1, 0.15) is 6.26 Å². The number of aromatic nitrogens is 2. The van der Waals surface area contributed by atoms with Crippen molar-refractivity contribution in [3.63, 3.8) is 0 Å². The van der Waals surface area contributed by atoms with E-state index in [-0.39, 0.29) is 11.8 Å². The molecule has 0 spiro atoms. The third-order valence-corrected chi connectivity index (χ3v) is 5.42. The minimum atomic E-state index is -0.266. The smallest absolute Gasteiger partial charge is 0.259 e. The van der Waals surface area contributed by atoms with E-state index in [4.69, 9.17) is 4.42 Å². The fourth-order valence-corrected chi connectivity index (χ4v) is 3.73. The molecule has 0 saturated heterocycles. The molecule has 2 aromatic carbocycles. The van der Waals surface area contributed by atoms with Crippen LogP contribution in [0.1, 0.15) is 31.8 Å². The molecular weight excluding hydrogens is 392 g/mol. The van der Waals surface area contributed by atoms with Crippen LogP contribution in [-0.2, 0) is 13.0 Å². The molecule has 0 unspecified atom stereocenters. The summed E-state index contributed by atoms with van der Waals surface area (Å²) in [5, 5.41) is 7.07. The van der Waals surface area contributed by atoms with Crippen LogP contribution >= 0.6 is 0 Å². The number of carbonyl (C=O) groups excluding carboxylic acids is 2. The molecule has 154 valence electrons. The van der Waals surface area contributed by atoms with Gasteiger partial charge in [-0.05, 0) is 47.9 Å². The molecule has 7 nitrogen and oxygen atoms in total. The van der Waals surface area contributed by atoms with Gasteiger partial charge in [0, 0.05) is 18.7 Å². The first-order chi connectivity index (χ1) is 15.2. The standard InChI is InChI=1S/C24H20N4O3/c29-23(20-10-12-31-16-20)26-21-13-25-28(15-21)22-7-5-18(6-8-22)24(30)27-11-9-17-3-1-2-4-19(17)14-27/h1-8,10,12-13,15-16H,9,11,14H2,(H,26,29). The Bertz CT molecular complexity index is 1230. The highest BCUT2D eigenvalue weighted by molar-refractivity contribution is 6.03. The van der Waals surface area contributed by atoms with Crippen LogP contribution in [0.5, 0.6) is 0 Å². The van der Waals surface area contributed by atoms with Crippen molar-refractivity contribution in [2.75, 3.05) is 11.9 Å². The Balaban J connectivity index is 1.27. The normalized spacial score (nSPS) is 13.0. The number of rotatable bonds is 4. The van der Waals surface area contributed by atoms with Gasteiger partial charge in [0.05, 0.1) is 35.6 Å². The Morgan fingerprint density at radius 2 is 1.77 bits per heavy atom. The number of nitrogens with zero attached hydrogens (tertiary/aromatic N) is 3. The van der Waals surface area contributed by atoms with Crippen LogP contribution in [0.15, 0.2) is 83.9 Å². The van der Waals surface area contributed by atoms with E-state index in [9.17, 15) is 9.59 Å². The third kappa shape index (κ3) is 3.85. The molecule has 0 saturated carbocycles. The first-order valence-corrected chi connectivity index (χ1v) is 10.0. The van der Waals surface area contributed by atoms with Crippen molar-refractivity contribution < 1.29 is 14.0 Å². The zero-order valence-electron chi connectivity index (χ0n) is 16.7. The molecule has 4 aromatic rings. The molecule has 0 radical (unpaired) electrons. The van der Waals surface area contributed by atoms with E-state index in [1.807, 2.05) is 41.3 Å². The monoisotopic (exact) mass is 412 g/mol. The van der Waals surface area contributed by atoms with E-state index in [2.05, 4.69) is 22.5 Å². The molecule has 1 aliphatic heterocycles. The van der Waals surface area contributed by atoms with Crippen molar-refractivity contribution in [2.45, 2.75) is 13.0 Å². The van der Waals surface area contributed by atoms with Crippen LogP contribution < -0.4 is 5.32 Å². The predicted molar refractivity (Wildman–Crippen MR) is 115 cm³/mol. The number of hydrogen-bond donors (Lipinski definition) is 1. The molecule has 0 bridgehead atoms. The van der Waals surface area contributed by atoms with Crippen molar-refractivity contribution in [1.82, 2.24) is 14.7 Å². The third-order valence-electron chi connectivity index (χ3n) is 5.42. The number of carbonyl (C=O) groups is 2. The largest absolute Gasteiger partial charge is 0.472 e. The molecule has 0 fully saturated rings. The van der Waals surface area contributed by atoms with Crippen LogP contribution in [0.25, 0.3) is 5.69 Å². The van der Waals surface area contributed by atoms with Gasteiger partial charge >= 0.3 is 0 Å². The Morgan fingerprint density at radius 1 is 0.968 bits per heavy atom. The lowest BCUT2D eigenvalue weighted by Crippen LogP contribution is -2.35. The lowest BCUT2D eigenvalue weighted by molar-refractivity contribution is 0.0734. The van der Waals surface area contributed by atoms with Gasteiger partial charge in [-0.2, -0.15) is 5.10 Å². The van der Waals surface area contributed by atoms with Gasteiger partial charge in [0.15, 0.2) is 0 Å². The average molecular weight is 412 g/mol. The van der Waals surface area contributed by atoms with Crippen molar-refractivity contribution in [3.8, 4) is 5.69 Å². The van der Waals surface area contributed by atoms with Gasteiger partial charge in [-0.15, -0.1) is 0 Å². The van der Waals surface area contributed by atoms with E-state index in [0.717, 1.165) is 18.7 Å². The lowest BCUT2D eigenvalue weighted by Gasteiger charge is -2.29. The fraction of sp³-hybridized carbons (Fsp3) is 0.125. The molecular formula is C24H20N4O3. The second kappa shape index (κ2) is 7.95. The molecule has 2 amide bonds. The summed E-state index contributed by atoms with van der Waals surface area (Å²) in [6.45, 7) is 1.35. The predicted octanol–water partition coefficient (Wildman–Crippen LogP) is 3.92. The summed E-state index contributed by atoms with van der Waals surface area (Å²) in [6.07, 6.45) is 7.00. The molecule has 5 rings (SSSR count). The second-order valence-electron chi connectivity index (χ2n) is 7.43. The number of hydrogen-bond acceptors (Lipinski definition) is 4. The van der Waals surface area contributed by atoms with E-state index in [1.54, 1.807) is 23.1 Å². The summed E-state index contributed by atoms with van der Waals surface area (Å²) in [6, 6.07) is 17.2. The zero-order chi connectivity index (χ0) is 21.2. The Labute approximate surface area is 178 Å². The zero-order valence-corrected chi connectivity index (χ0v) is 16.7. The molecule has 1 aliphatic rings. The second-order valence-corrected chi connectivity index (χ2v) is 7.43. The van der Waals surface area contributed by atoms with Crippen LogP contribution in [0, 0.1) is 0 Å². The number of anilines is 1. The maximum Gasteiger partial charge on any atom is 0.259 e. The summed E-state index contributed by atoms with van der Waals surface area (Å²) in [5.74, 6) is -0.244. The van der Waals surface area contributed by atoms with Gasteiger partial charge in [-0.3, -0.25) is 9.59 Å². The van der Waals surface area contributed by atoms with E-state index in [1.165, 1.54) is 23.7 Å². The molecule has 0 atom stereocenters. The number of furan rings is 1. The van der Waals surface area contributed by atoms with Crippen LogP contribution in [0.4, 0.5) is 5.69 Å². The van der Waals surface area contributed by atoms with E-state index < -0.39 is 0 Å². The van der Waals surface area contributed by atoms with Gasteiger partial charge in [0.25, 0.3) is 11.8 Å². The quantitative estimate of drug-likeness (QED) is 0.551. The number of benzene rings is 2. The van der Waals surface area contributed by atoms with E-state index >= 15 is 0 Å². The summed E-state index contributed by atoms with van der Waals surface area (Å²) in [5.41, 5.74) is 4.97. The molecule has 0 aliphatic carbocycles. The molecule has 31 heavy (non-hydrogen) atoms. The summed E-state index contributed by atoms with van der Waals surface area (Å²) in [7, 11) is 0. The van der Waals surface area contributed by atoms with Crippen molar-refractivity contribution in [1.29, 1.82) is 0 Å². The summed E-state index contributed by atoms with van der Waals surface area (Å²) >= 11 is 0. The average Bonchev–Trinajstić information content (AvgIpc) is 3.51. The first kappa shape index (κ1) is 18.9. The van der Waals surface area contributed by atoms with E-state index in [0.29, 0.717) is 23.4 Å². The van der Waals surface area contributed by atoms with Gasteiger partial charge in [0.2, 0.25) is 0 Å². The SMILES string of the molecule is O=C(Nc1cnn(-c2ccc(C(=O)N3CCc4ccccc4C3)cc2)c1)c1ccoc1. The van der Waals surface area contributed by atoms with Crippen LogP contribution in [0.3, 0.4) is 0 Å². The summed E-state index contributed by atoms with van der Waals surface area (Å²) in [4.78, 5) is 26.9. The highest BCUT2D eigenvalue weighted by Crippen LogP contribution is 2.21. The highest BCUT2D eigenvalue weighted by Gasteiger charge is 2.21. The highest BCUT2D eigenvalue weighted by atomic mass is 16.3. The number of amides is 2. The number of nitrogens with one attached hydrogen (secondary N) is 1. The maximum absolute atomic E-state index is 12.9. The van der Waals surface area contributed by atoms with Crippen molar-refractivity contribution in [3.05, 3.63) is 102 Å². The Hall–Kier alpha value is -4.13. The first-order valence-electron chi connectivity index (χ1n) is 10.0. The van der Waals surface area contributed by atoms with Crippen LogP contribution in [-0.4, -0.2) is 33.0 Å². The van der Waals surface area contributed by atoms with Gasteiger partial charge in [-0.25, -0.2) is 4.68 Å². The van der Waals surface area contributed by atoms with Crippen molar-refractivity contribution in [2.24, 2.45) is 0 Å². The topological polar surface area (TPSA) is 80.4 Å². The maximum atomic E-state index is 12.9. The minimum Gasteiger partial charge on any atom is -0.472 e. The van der Waals surface area contributed by atoms with Crippen LogP contribution in [0.2, 0.25) is 0 Å². The summed E-state index contributed by atoms with van der Waals surface area (Å²) < 4.78 is 6.58. The Kier molecular flexibility index (Phi) is 4.84. The van der Waals surface area contributed by atoms with Crippen molar-refractivity contribution >= 4 is 17.5 Å².